The zero-order valence-corrected chi connectivity index (χ0v) is 16.8. The number of carboxylic acid groups (broad SMARTS) is 1. The molecule has 1 aliphatic rings. The smallest absolute Gasteiger partial charge is 0.335 e. The highest BCUT2D eigenvalue weighted by Crippen LogP contribution is 2.45. The van der Waals surface area contributed by atoms with Crippen molar-refractivity contribution in [2.75, 3.05) is 0 Å². The van der Waals surface area contributed by atoms with E-state index in [0.717, 1.165) is 12.0 Å². The van der Waals surface area contributed by atoms with Gasteiger partial charge >= 0.3 is 5.97 Å². The molecule has 0 aliphatic heterocycles. The molecule has 0 atom stereocenters. The van der Waals surface area contributed by atoms with Crippen LogP contribution in [-0.2, 0) is 10.8 Å². The molecule has 0 saturated heterocycles. The summed E-state index contributed by atoms with van der Waals surface area (Å²) in [5.41, 5.74) is 11.8. The van der Waals surface area contributed by atoms with Crippen LogP contribution in [-0.4, -0.2) is 16.9 Å². The Morgan fingerprint density at radius 2 is 1.63 bits per heavy atom. The van der Waals surface area contributed by atoms with Gasteiger partial charge in [-0.25, -0.2) is 9.79 Å². The molecule has 27 heavy (non-hydrogen) atoms. The Hall–Kier alpha value is -2.62. The van der Waals surface area contributed by atoms with E-state index in [-0.39, 0.29) is 16.4 Å². The van der Waals surface area contributed by atoms with Gasteiger partial charge in [-0.2, -0.15) is 0 Å². The number of aryl methyl sites for hydroxylation is 1. The van der Waals surface area contributed by atoms with Crippen molar-refractivity contribution in [2.45, 2.75) is 58.3 Å². The van der Waals surface area contributed by atoms with E-state index in [2.05, 4.69) is 44.8 Å². The van der Waals surface area contributed by atoms with Gasteiger partial charge in [-0.05, 0) is 71.6 Å². The molecule has 4 heteroatoms. The summed E-state index contributed by atoms with van der Waals surface area (Å²) in [6, 6.07) is 11.4. The van der Waals surface area contributed by atoms with Gasteiger partial charge in [-0.1, -0.05) is 39.8 Å². The van der Waals surface area contributed by atoms with Gasteiger partial charge in [0.25, 0.3) is 0 Å². The van der Waals surface area contributed by atoms with Gasteiger partial charge in [0.05, 0.1) is 11.3 Å². The normalized spacial score (nSPS) is 18.0. The van der Waals surface area contributed by atoms with Crippen molar-refractivity contribution in [3.05, 3.63) is 64.2 Å². The number of nitrogens with zero attached hydrogens (tertiary/aromatic N) is 1. The number of nitrogens with two attached hydrogens (primary N) is 1. The molecule has 0 fully saturated rings. The molecule has 3 rings (SSSR count). The third-order valence-electron chi connectivity index (χ3n) is 5.84. The van der Waals surface area contributed by atoms with E-state index in [0.29, 0.717) is 17.1 Å². The van der Waals surface area contributed by atoms with E-state index in [1.807, 2.05) is 6.07 Å². The zero-order chi connectivity index (χ0) is 20.0. The molecule has 142 valence electrons. The van der Waals surface area contributed by atoms with Crippen LogP contribution in [0.3, 0.4) is 0 Å². The standard InChI is InChI=1S/C23H28N2O2/c1-14-12-16(7-8-17(14)21(26)27)25-20(24)15-6-9-18-19(13-15)23(4,5)11-10-22(18,2)3/h6-9,12-13H,10-11H2,1-5H3,(H2,24,25)(H,26,27). The summed E-state index contributed by atoms with van der Waals surface area (Å²) in [6.45, 7) is 10.9. The molecule has 0 radical (unpaired) electrons. The first-order valence-corrected chi connectivity index (χ1v) is 9.35. The lowest BCUT2D eigenvalue weighted by Gasteiger charge is -2.42. The van der Waals surface area contributed by atoms with E-state index in [9.17, 15) is 4.79 Å². The minimum atomic E-state index is -0.935. The molecule has 0 heterocycles. The maximum Gasteiger partial charge on any atom is 0.335 e. The molecule has 0 unspecified atom stereocenters. The number of rotatable bonds is 3. The third kappa shape index (κ3) is 3.61. The van der Waals surface area contributed by atoms with Crippen LogP contribution in [0.25, 0.3) is 0 Å². The molecule has 3 N–H and O–H groups in total. The van der Waals surface area contributed by atoms with Crippen molar-refractivity contribution in [3.63, 3.8) is 0 Å². The number of carboxylic acids is 1. The third-order valence-corrected chi connectivity index (χ3v) is 5.84. The first-order valence-electron chi connectivity index (χ1n) is 9.35. The van der Waals surface area contributed by atoms with E-state index >= 15 is 0 Å². The molecule has 0 bridgehead atoms. The van der Waals surface area contributed by atoms with Crippen LogP contribution >= 0.6 is 0 Å². The lowest BCUT2D eigenvalue weighted by Crippen LogP contribution is -2.34. The van der Waals surface area contributed by atoms with Crippen molar-refractivity contribution in [3.8, 4) is 0 Å². The first-order chi connectivity index (χ1) is 12.5. The second-order valence-electron chi connectivity index (χ2n) is 8.83. The Bertz CT molecular complexity index is 939. The molecular formula is C23H28N2O2. The average Bonchev–Trinajstić information content (AvgIpc) is 2.58. The van der Waals surface area contributed by atoms with Gasteiger partial charge in [-0.3, -0.25) is 0 Å². The predicted molar refractivity (Wildman–Crippen MR) is 110 cm³/mol. The number of carbonyl (C=O) groups is 1. The fourth-order valence-electron chi connectivity index (χ4n) is 3.91. The zero-order valence-electron chi connectivity index (χ0n) is 16.8. The van der Waals surface area contributed by atoms with Crippen LogP contribution in [0.1, 0.15) is 73.1 Å². The minimum Gasteiger partial charge on any atom is -0.478 e. The Labute approximate surface area is 161 Å². The molecular weight excluding hydrogens is 336 g/mol. The molecule has 0 spiro atoms. The maximum atomic E-state index is 11.2. The van der Waals surface area contributed by atoms with Crippen molar-refractivity contribution >= 4 is 17.5 Å². The fraction of sp³-hybridized carbons (Fsp3) is 0.391. The van der Waals surface area contributed by atoms with Crippen molar-refractivity contribution in [1.82, 2.24) is 0 Å². The second-order valence-corrected chi connectivity index (χ2v) is 8.83. The van der Waals surface area contributed by atoms with Gasteiger partial charge in [0, 0.05) is 5.56 Å². The Kier molecular flexibility index (Phi) is 4.62. The number of hydrogen-bond acceptors (Lipinski definition) is 2. The molecule has 0 aromatic heterocycles. The Balaban J connectivity index is 2.01. The Morgan fingerprint density at radius 3 is 2.22 bits per heavy atom. The topological polar surface area (TPSA) is 75.7 Å². The highest BCUT2D eigenvalue weighted by molar-refractivity contribution is 5.99. The largest absolute Gasteiger partial charge is 0.478 e. The highest BCUT2D eigenvalue weighted by Gasteiger charge is 2.37. The van der Waals surface area contributed by atoms with Crippen LogP contribution in [0.15, 0.2) is 41.4 Å². The van der Waals surface area contributed by atoms with Gasteiger partial charge in [0.2, 0.25) is 0 Å². The quantitative estimate of drug-likeness (QED) is 0.589. The monoisotopic (exact) mass is 364 g/mol. The van der Waals surface area contributed by atoms with Gasteiger partial charge in [0.15, 0.2) is 0 Å². The Morgan fingerprint density at radius 1 is 1.00 bits per heavy atom. The lowest BCUT2D eigenvalue weighted by atomic mass is 9.63. The van der Waals surface area contributed by atoms with E-state index in [1.54, 1.807) is 25.1 Å². The molecule has 0 amide bonds. The molecule has 0 saturated carbocycles. The fourth-order valence-corrected chi connectivity index (χ4v) is 3.91. The van der Waals surface area contributed by atoms with Crippen molar-refractivity contribution < 1.29 is 9.90 Å². The highest BCUT2D eigenvalue weighted by atomic mass is 16.4. The predicted octanol–water partition coefficient (Wildman–Crippen LogP) is 5.08. The van der Waals surface area contributed by atoms with Crippen LogP contribution in [0.2, 0.25) is 0 Å². The summed E-state index contributed by atoms with van der Waals surface area (Å²) in [6.07, 6.45) is 2.31. The number of benzene rings is 2. The number of fused-ring (bicyclic) bond motifs is 1. The van der Waals surface area contributed by atoms with Crippen LogP contribution in [0.4, 0.5) is 5.69 Å². The summed E-state index contributed by atoms with van der Waals surface area (Å²) in [5, 5.41) is 9.16. The van der Waals surface area contributed by atoms with Crippen LogP contribution in [0.5, 0.6) is 0 Å². The number of aromatic carboxylic acids is 1. The maximum absolute atomic E-state index is 11.2. The molecule has 2 aromatic carbocycles. The average molecular weight is 364 g/mol. The van der Waals surface area contributed by atoms with Crippen LogP contribution in [0, 0.1) is 6.92 Å². The lowest BCUT2D eigenvalue weighted by molar-refractivity contribution is 0.0696. The summed E-state index contributed by atoms with van der Waals surface area (Å²) < 4.78 is 0. The van der Waals surface area contributed by atoms with Gasteiger partial charge < -0.3 is 10.8 Å². The number of amidine groups is 1. The second kappa shape index (κ2) is 6.52. The van der Waals surface area contributed by atoms with Crippen molar-refractivity contribution in [1.29, 1.82) is 0 Å². The van der Waals surface area contributed by atoms with Crippen molar-refractivity contribution in [2.24, 2.45) is 10.7 Å². The number of hydrogen-bond donors (Lipinski definition) is 2. The summed E-state index contributed by atoms with van der Waals surface area (Å²) in [5.74, 6) is -0.491. The molecule has 4 nitrogen and oxygen atoms in total. The van der Waals surface area contributed by atoms with E-state index in [4.69, 9.17) is 10.8 Å². The summed E-state index contributed by atoms with van der Waals surface area (Å²) in [4.78, 5) is 15.7. The van der Waals surface area contributed by atoms with Gasteiger partial charge in [0.1, 0.15) is 5.84 Å². The van der Waals surface area contributed by atoms with Crippen LogP contribution < -0.4 is 5.73 Å². The minimum absolute atomic E-state index is 0.112. The van der Waals surface area contributed by atoms with E-state index in [1.165, 1.54) is 17.5 Å². The van der Waals surface area contributed by atoms with Gasteiger partial charge in [-0.15, -0.1) is 0 Å². The van der Waals surface area contributed by atoms with E-state index < -0.39 is 5.97 Å². The first kappa shape index (κ1) is 19.2. The molecule has 2 aromatic rings. The summed E-state index contributed by atoms with van der Waals surface area (Å²) in [7, 11) is 0. The summed E-state index contributed by atoms with van der Waals surface area (Å²) >= 11 is 0. The molecule has 1 aliphatic carbocycles. The number of aliphatic imine (C=N–C) groups is 1. The SMILES string of the molecule is Cc1cc(N=C(N)c2ccc3c(c2)C(C)(C)CCC3(C)C)ccc1C(=O)O.